The fourth-order valence-corrected chi connectivity index (χ4v) is 5.19. The lowest BCUT2D eigenvalue weighted by Gasteiger charge is -2.17. The third kappa shape index (κ3) is 4.54. The number of carbonyl (C=O) groups excluding carboxylic acids is 1. The van der Waals surface area contributed by atoms with E-state index in [0.717, 1.165) is 34.6 Å². The van der Waals surface area contributed by atoms with Crippen LogP contribution in [-0.4, -0.2) is 38.7 Å². The Morgan fingerprint density at radius 3 is 2.60 bits per heavy atom. The maximum absolute atomic E-state index is 14.7. The van der Waals surface area contributed by atoms with Gasteiger partial charge in [-0.15, -0.1) is 0 Å². The molecule has 1 amide bonds. The van der Waals surface area contributed by atoms with Gasteiger partial charge in [0.05, 0.1) is 41.4 Å². The van der Waals surface area contributed by atoms with Crippen LogP contribution in [0.15, 0.2) is 78.0 Å². The van der Waals surface area contributed by atoms with Crippen LogP contribution in [0.25, 0.3) is 33.3 Å². The van der Waals surface area contributed by atoms with Crippen molar-refractivity contribution in [2.45, 2.75) is 20.4 Å². The number of aliphatic imine (C=N–C) groups is 1. The van der Waals surface area contributed by atoms with E-state index in [4.69, 9.17) is 5.73 Å². The molecule has 4 heterocycles. The summed E-state index contributed by atoms with van der Waals surface area (Å²) in [6, 6.07) is 10.5. The summed E-state index contributed by atoms with van der Waals surface area (Å²) in [5.41, 5.74) is 11.6. The molecular weight excluding hydrogens is 538 g/mol. The summed E-state index contributed by atoms with van der Waals surface area (Å²) in [5.74, 6) is -1.36. The molecule has 42 heavy (non-hydrogen) atoms. The zero-order valence-corrected chi connectivity index (χ0v) is 23.0. The van der Waals surface area contributed by atoms with Crippen LogP contribution in [0.1, 0.15) is 28.4 Å². The predicted molar refractivity (Wildman–Crippen MR) is 158 cm³/mol. The standard InChI is InChI=1S/C31H26F2N8O/c1-16-11-38-31(39-26(34)10-17(2)35-3)40-28(16)21-12-37-29-19(21)7-5-9-25(29)41-15-22-18(6-4-8-20(22)30(41)42)27-23(32)13-36-14-24(27)33/h4-14,35,37H,15H2,1-3H3,(H2,34,38,39,40)/b17-10-. The number of fused-ring (bicyclic) bond motifs is 2. The molecule has 0 unspecified atom stereocenters. The van der Waals surface area contributed by atoms with E-state index >= 15 is 0 Å². The van der Waals surface area contributed by atoms with Crippen LogP contribution in [0.3, 0.4) is 0 Å². The fourth-order valence-electron chi connectivity index (χ4n) is 5.19. The van der Waals surface area contributed by atoms with Gasteiger partial charge in [-0.05, 0) is 48.7 Å². The molecule has 11 heteroatoms. The van der Waals surface area contributed by atoms with Gasteiger partial charge < -0.3 is 20.9 Å². The minimum atomic E-state index is -0.788. The highest BCUT2D eigenvalue weighted by Crippen LogP contribution is 2.40. The van der Waals surface area contributed by atoms with E-state index in [0.29, 0.717) is 33.6 Å². The summed E-state index contributed by atoms with van der Waals surface area (Å²) in [7, 11) is 1.79. The molecule has 3 aromatic heterocycles. The Balaban J connectivity index is 1.41. The fraction of sp³-hybridized carbons (Fsp3) is 0.129. The first-order chi connectivity index (χ1) is 20.3. The number of para-hydroxylation sites is 1. The van der Waals surface area contributed by atoms with Gasteiger partial charge in [0.1, 0.15) is 5.84 Å². The van der Waals surface area contributed by atoms with E-state index in [9.17, 15) is 13.6 Å². The number of allylic oxidation sites excluding steroid dienone is 1. The highest BCUT2D eigenvalue weighted by atomic mass is 19.1. The predicted octanol–water partition coefficient (Wildman–Crippen LogP) is 5.55. The van der Waals surface area contributed by atoms with Crippen molar-refractivity contribution in [3.63, 3.8) is 0 Å². The van der Waals surface area contributed by atoms with Gasteiger partial charge in [0, 0.05) is 41.7 Å². The number of carbonyl (C=O) groups is 1. The van der Waals surface area contributed by atoms with E-state index in [1.165, 1.54) is 0 Å². The van der Waals surface area contributed by atoms with Gasteiger partial charge in [-0.2, -0.15) is 4.99 Å². The molecule has 0 atom stereocenters. The number of nitrogens with one attached hydrogen (secondary N) is 2. The molecule has 1 aliphatic heterocycles. The van der Waals surface area contributed by atoms with E-state index in [-0.39, 0.29) is 29.8 Å². The topological polar surface area (TPSA) is 125 Å². The van der Waals surface area contributed by atoms with Crippen molar-refractivity contribution in [3.8, 4) is 22.4 Å². The van der Waals surface area contributed by atoms with E-state index < -0.39 is 11.6 Å². The summed E-state index contributed by atoms with van der Waals surface area (Å²) in [4.78, 5) is 35.4. The molecule has 0 spiro atoms. The summed E-state index contributed by atoms with van der Waals surface area (Å²) in [6.45, 7) is 3.91. The number of aryl methyl sites for hydroxylation is 1. The van der Waals surface area contributed by atoms with Crippen molar-refractivity contribution >= 4 is 34.3 Å². The van der Waals surface area contributed by atoms with Crippen LogP contribution in [-0.2, 0) is 6.54 Å². The Morgan fingerprint density at radius 1 is 1.10 bits per heavy atom. The molecule has 1 aliphatic rings. The molecule has 5 aromatic rings. The second-order valence-corrected chi connectivity index (χ2v) is 9.92. The number of benzene rings is 2. The number of nitrogens with two attached hydrogens (primary N) is 1. The van der Waals surface area contributed by atoms with Crippen molar-refractivity contribution < 1.29 is 13.6 Å². The molecule has 2 aromatic carbocycles. The van der Waals surface area contributed by atoms with Gasteiger partial charge in [-0.25, -0.2) is 18.7 Å². The van der Waals surface area contributed by atoms with Crippen LogP contribution >= 0.6 is 0 Å². The number of hydrogen-bond donors (Lipinski definition) is 3. The zero-order chi connectivity index (χ0) is 29.5. The van der Waals surface area contributed by atoms with Crippen molar-refractivity contribution in [3.05, 3.63) is 101 Å². The lowest BCUT2D eigenvalue weighted by atomic mass is 9.97. The van der Waals surface area contributed by atoms with Gasteiger partial charge in [0.15, 0.2) is 11.6 Å². The lowest BCUT2D eigenvalue weighted by molar-refractivity contribution is 0.0997. The maximum atomic E-state index is 14.7. The molecule has 0 radical (unpaired) electrons. The Morgan fingerprint density at radius 2 is 1.83 bits per heavy atom. The number of amides is 1. The second kappa shape index (κ2) is 10.5. The Bertz CT molecular complexity index is 1930. The SMILES string of the molecule is CN/C(C)=C\C(N)=N/c1ncc(C)c(-c2c[nH]c3c(N4Cc5c(cccc5-c5c(F)cncc5F)C4=O)cccc23)n1. The molecule has 6 rings (SSSR count). The molecular formula is C31H26F2N8O. The van der Waals surface area contributed by atoms with Crippen molar-refractivity contribution in [2.75, 3.05) is 11.9 Å². The van der Waals surface area contributed by atoms with Gasteiger partial charge in [-0.3, -0.25) is 9.78 Å². The molecule has 0 aliphatic carbocycles. The van der Waals surface area contributed by atoms with E-state index in [2.05, 4.69) is 30.2 Å². The molecule has 0 saturated heterocycles. The first-order valence-electron chi connectivity index (χ1n) is 13.1. The van der Waals surface area contributed by atoms with Crippen LogP contribution in [0, 0.1) is 18.6 Å². The number of nitrogens with zero attached hydrogens (tertiary/aromatic N) is 5. The molecule has 9 nitrogen and oxygen atoms in total. The minimum absolute atomic E-state index is 0.142. The summed E-state index contributed by atoms with van der Waals surface area (Å²) < 4.78 is 29.3. The van der Waals surface area contributed by atoms with Crippen molar-refractivity contribution in [2.24, 2.45) is 10.7 Å². The van der Waals surface area contributed by atoms with Gasteiger partial charge in [0.25, 0.3) is 11.9 Å². The average Bonchev–Trinajstić information content (AvgIpc) is 3.55. The molecule has 210 valence electrons. The van der Waals surface area contributed by atoms with Gasteiger partial charge >= 0.3 is 0 Å². The molecule has 0 fully saturated rings. The number of pyridine rings is 1. The first-order valence-corrected chi connectivity index (χ1v) is 13.1. The largest absolute Gasteiger partial charge is 0.392 e. The van der Waals surface area contributed by atoms with Crippen molar-refractivity contribution in [1.29, 1.82) is 0 Å². The quantitative estimate of drug-likeness (QED) is 0.184. The number of aromatic nitrogens is 4. The normalized spacial score (nSPS) is 13.6. The highest BCUT2D eigenvalue weighted by Gasteiger charge is 2.33. The molecule has 0 saturated carbocycles. The number of hydrogen-bond acceptors (Lipinski definition) is 6. The van der Waals surface area contributed by atoms with E-state index in [1.54, 1.807) is 42.4 Å². The van der Waals surface area contributed by atoms with Crippen LogP contribution in [0.5, 0.6) is 0 Å². The van der Waals surface area contributed by atoms with E-state index in [1.807, 2.05) is 38.2 Å². The second-order valence-electron chi connectivity index (χ2n) is 9.92. The van der Waals surface area contributed by atoms with Crippen LogP contribution < -0.4 is 16.0 Å². The number of aromatic amines is 1. The Kier molecular flexibility index (Phi) is 6.69. The average molecular weight is 565 g/mol. The minimum Gasteiger partial charge on any atom is -0.392 e. The number of rotatable bonds is 6. The smallest absolute Gasteiger partial charge is 0.259 e. The lowest BCUT2D eigenvalue weighted by Crippen LogP contribution is -2.23. The molecule has 4 N–H and O–H groups in total. The first kappa shape index (κ1) is 26.8. The molecule has 0 bridgehead atoms. The Hall–Kier alpha value is -5.45. The van der Waals surface area contributed by atoms with Gasteiger partial charge in [-0.1, -0.05) is 24.3 Å². The van der Waals surface area contributed by atoms with Crippen molar-refractivity contribution in [1.82, 2.24) is 25.3 Å². The number of anilines is 1. The summed E-state index contributed by atoms with van der Waals surface area (Å²) in [5, 5.41) is 3.82. The number of H-pyrrole nitrogens is 1. The third-order valence-electron chi connectivity index (χ3n) is 7.28. The van der Waals surface area contributed by atoms with Gasteiger partial charge in [0.2, 0.25) is 0 Å². The zero-order valence-electron chi connectivity index (χ0n) is 23.0. The number of halogens is 2. The third-order valence-corrected chi connectivity index (χ3v) is 7.28. The Labute approximate surface area is 239 Å². The highest BCUT2D eigenvalue weighted by molar-refractivity contribution is 6.15. The monoisotopic (exact) mass is 564 g/mol. The number of amidine groups is 1. The summed E-state index contributed by atoms with van der Waals surface area (Å²) in [6.07, 6.45) is 7.13. The summed E-state index contributed by atoms with van der Waals surface area (Å²) >= 11 is 0. The maximum Gasteiger partial charge on any atom is 0.259 e. The van der Waals surface area contributed by atoms with Crippen LogP contribution in [0.2, 0.25) is 0 Å². The van der Waals surface area contributed by atoms with Crippen LogP contribution in [0.4, 0.5) is 20.4 Å².